The van der Waals surface area contributed by atoms with Crippen LogP contribution in [-0.2, 0) is 9.53 Å². The highest BCUT2D eigenvalue weighted by Gasteiger charge is 2.20. The lowest BCUT2D eigenvalue weighted by atomic mass is 10.1. The second-order valence-corrected chi connectivity index (χ2v) is 9.29. The van der Waals surface area contributed by atoms with Gasteiger partial charge < -0.3 is 18.9 Å². The Labute approximate surface area is 225 Å². The third-order valence-corrected chi connectivity index (χ3v) is 6.96. The van der Waals surface area contributed by atoms with E-state index in [9.17, 15) is 4.79 Å². The number of aromatic nitrogens is 1. The highest BCUT2D eigenvalue weighted by Crippen LogP contribution is 2.38. The fourth-order valence-electron chi connectivity index (χ4n) is 3.82. The number of hydrogen-bond acceptors (Lipinski definition) is 8. The van der Waals surface area contributed by atoms with Gasteiger partial charge in [-0.05, 0) is 42.0 Å². The molecule has 4 rings (SSSR count). The van der Waals surface area contributed by atoms with Crippen molar-refractivity contribution < 1.29 is 23.7 Å². The molecule has 1 aliphatic heterocycles. The number of methoxy groups -OCH3 is 3. The van der Waals surface area contributed by atoms with Crippen molar-refractivity contribution in [2.45, 2.75) is 0 Å². The van der Waals surface area contributed by atoms with Crippen molar-refractivity contribution in [3.05, 3.63) is 47.0 Å². The molecule has 0 unspecified atom stereocenters. The fraction of sp³-hybridized carbons (Fsp3) is 0.360. The Morgan fingerprint density at radius 3 is 2.47 bits per heavy atom. The minimum atomic E-state index is -0.169. The monoisotopic (exact) mass is 553 g/mol. The number of halogens is 2. The van der Waals surface area contributed by atoms with Gasteiger partial charge in [-0.2, -0.15) is 0 Å². The van der Waals surface area contributed by atoms with E-state index in [0.29, 0.717) is 47.2 Å². The van der Waals surface area contributed by atoms with Gasteiger partial charge in [-0.15, -0.1) is 12.4 Å². The van der Waals surface area contributed by atoms with Crippen LogP contribution in [0.4, 0.5) is 5.13 Å². The molecule has 1 fully saturated rings. The lowest BCUT2D eigenvalue weighted by Crippen LogP contribution is -2.42. The van der Waals surface area contributed by atoms with Gasteiger partial charge in [-0.25, -0.2) is 4.98 Å². The van der Waals surface area contributed by atoms with E-state index >= 15 is 0 Å². The first kappa shape index (κ1) is 28.0. The molecule has 0 spiro atoms. The predicted molar refractivity (Wildman–Crippen MR) is 147 cm³/mol. The maximum atomic E-state index is 13.4. The summed E-state index contributed by atoms with van der Waals surface area (Å²) in [6.45, 7) is 4.33. The summed E-state index contributed by atoms with van der Waals surface area (Å²) >= 11 is 7.61. The Balaban J connectivity index is 0.00000361. The van der Waals surface area contributed by atoms with Crippen LogP contribution in [0, 0.1) is 0 Å². The zero-order valence-corrected chi connectivity index (χ0v) is 22.8. The predicted octanol–water partition coefficient (Wildman–Crippen LogP) is 4.78. The van der Waals surface area contributed by atoms with Crippen molar-refractivity contribution in [3.63, 3.8) is 0 Å². The Morgan fingerprint density at radius 1 is 1.14 bits per heavy atom. The third kappa shape index (κ3) is 6.60. The summed E-state index contributed by atoms with van der Waals surface area (Å²) in [5.41, 5.74) is 1.56. The Hall–Kier alpha value is -2.56. The van der Waals surface area contributed by atoms with E-state index in [1.54, 1.807) is 56.6 Å². The van der Waals surface area contributed by atoms with Gasteiger partial charge in [0.05, 0.1) is 44.8 Å². The Morgan fingerprint density at radius 2 is 1.83 bits per heavy atom. The first-order chi connectivity index (χ1) is 17.0. The summed E-state index contributed by atoms with van der Waals surface area (Å²) in [4.78, 5) is 22.1. The van der Waals surface area contributed by atoms with E-state index in [0.717, 1.165) is 35.4 Å². The number of carbonyl (C=O) groups is 1. The van der Waals surface area contributed by atoms with Gasteiger partial charge in [-0.1, -0.05) is 22.9 Å². The Kier molecular flexibility index (Phi) is 10.2. The van der Waals surface area contributed by atoms with Gasteiger partial charge in [0, 0.05) is 37.3 Å². The summed E-state index contributed by atoms with van der Waals surface area (Å²) < 4.78 is 22.6. The highest BCUT2D eigenvalue weighted by molar-refractivity contribution is 7.22. The van der Waals surface area contributed by atoms with Gasteiger partial charge in [0.15, 0.2) is 16.6 Å². The van der Waals surface area contributed by atoms with Crippen molar-refractivity contribution in [1.82, 2.24) is 9.88 Å². The number of benzene rings is 2. The molecule has 0 bridgehead atoms. The molecule has 0 saturated carbocycles. The lowest BCUT2D eigenvalue weighted by molar-refractivity contribution is -0.114. The molecule has 0 aliphatic carbocycles. The molecule has 1 aromatic heterocycles. The molecule has 36 heavy (non-hydrogen) atoms. The van der Waals surface area contributed by atoms with E-state index in [1.807, 2.05) is 12.1 Å². The normalized spacial score (nSPS) is 14.0. The third-order valence-electron chi connectivity index (χ3n) is 5.69. The minimum Gasteiger partial charge on any atom is -0.493 e. The number of carbonyl (C=O) groups excluding carboxylic acids is 1. The average Bonchev–Trinajstić information content (AvgIpc) is 3.30. The van der Waals surface area contributed by atoms with Crippen LogP contribution in [0.1, 0.15) is 5.56 Å². The van der Waals surface area contributed by atoms with Crippen LogP contribution < -0.4 is 19.1 Å². The highest BCUT2D eigenvalue weighted by atomic mass is 35.5. The zero-order valence-electron chi connectivity index (χ0n) is 20.4. The molecule has 0 atom stereocenters. The van der Waals surface area contributed by atoms with E-state index < -0.39 is 0 Å². The van der Waals surface area contributed by atoms with Crippen LogP contribution >= 0.6 is 35.3 Å². The summed E-state index contributed by atoms with van der Waals surface area (Å²) in [6, 6.07) is 9.13. The van der Waals surface area contributed by atoms with Gasteiger partial charge in [-0.3, -0.25) is 14.6 Å². The van der Waals surface area contributed by atoms with E-state index in [4.69, 9.17) is 35.5 Å². The van der Waals surface area contributed by atoms with Crippen LogP contribution in [0.3, 0.4) is 0 Å². The second-order valence-electron chi connectivity index (χ2n) is 7.84. The number of amides is 1. The maximum absolute atomic E-state index is 13.4. The molecule has 2 heterocycles. The largest absolute Gasteiger partial charge is 0.493 e. The van der Waals surface area contributed by atoms with Crippen molar-refractivity contribution >= 4 is 62.7 Å². The van der Waals surface area contributed by atoms with Crippen LogP contribution in [0.5, 0.6) is 17.2 Å². The van der Waals surface area contributed by atoms with Gasteiger partial charge in [0.2, 0.25) is 5.75 Å². The molecule has 0 N–H and O–H groups in total. The number of hydrogen-bond donors (Lipinski definition) is 0. The molecular formula is C25H29Cl2N3O5S. The van der Waals surface area contributed by atoms with Gasteiger partial charge >= 0.3 is 0 Å². The second kappa shape index (κ2) is 13.1. The van der Waals surface area contributed by atoms with E-state index in [1.165, 1.54) is 11.3 Å². The number of nitrogens with zero attached hydrogens (tertiary/aromatic N) is 3. The number of anilines is 1. The number of fused-ring (bicyclic) bond motifs is 1. The van der Waals surface area contributed by atoms with E-state index in [-0.39, 0.29) is 18.3 Å². The van der Waals surface area contributed by atoms with Crippen molar-refractivity contribution in [2.24, 2.45) is 0 Å². The van der Waals surface area contributed by atoms with Gasteiger partial charge in [0.1, 0.15) is 0 Å². The summed E-state index contributed by atoms with van der Waals surface area (Å²) in [7, 11) is 4.67. The molecule has 8 nitrogen and oxygen atoms in total. The standard InChI is InChI=1S/C25H28ClN3O5S.ClH/c1-31-20-14-17(15-21(32-2)24(20)33-3)4-7-23(30)29(9-8-28-10-12-34-13-11-28)25-27-19-6-5-18(26)16-22(19)35-25;/h4-7,14-16H,8-13H2,1-3H3;1H/b7-4+;. The lowest BCUT2D eigenvalue weighted by Gasteiger charge is -2.28. The molecular weight excluding hydrogens is 525 g/mol. The van der Waals surface area contributed by atoms with Crippen LogP contribution in [0.2, 0.25) is 5.02 Å². The summed E-state index contributed by atoms with van der Waals surface area (Å²) in [5, 5.41) is 1.27. The molecule has 2 aromatic carbocycles. The molecule has 3 aromatic rings. The Bertz CT molecular complexity index is 1190. The smallest absolute Gasteiger partial charge is 0.252 e. The summed E-state index contributed by atoms with van der Waals surface area (Å²) in [5.74, 6) is 1.37. The first-order valence-electron chi connectivity index (χ1n) is 11.2. The SMILES string of the molecule is COc1cc(/C=C/C(=O)N(CCN2CCOCC2)c2nc3ccc(Cl)cc3s2)cc(OC)c1OC.Cl. The first-order valence-corrected chi connectivity index (χ1v) is 12.4. The molecule has 194 valence electrons. The summed E-state index contributed by atoms with van der Waals surface area (Å²) in [6.07, 6.45) is 3.28. The minimum absolute atomic E-state index is 0. The number of ether oxygens (including phenoxy) is 4. The quantitative estimate of drug-likeness (QED) is 0.353. The molecule has 0 radical (unpaired) electrons. The van der Waals surface area contributed by atoms with Gasteiger partial charge in [0.25, 0.3) is 5.91 Å². The van der Waals surface area contributed by atoms with Crippen LogP contribution in [-0.4, -0.2) is 76.5 Å². The van der Waals surface area contributed by atoms with Crippen LogP contribution in [0.15, 0.2) is 36.4 Å². The fourth-order valence-corrected chi connectivity index (χ4v) is 5.10. The maximum Gasteiger partial charge on any atom is 0.252 e. The molecule has 11 heteroatoms. The molecule has 1 aliphatic rings. The van der Waals surface area contributed by atoms with Crippen molar-refractivity contribution in [1.29, 1.82) is 0 Å². The molecule has 1 saturated heterocycles. The number of thiazole rings is 1. The van der Waals surface area contributed by atoms with Crippen molar-refractivity contribution in [2.75, 3.05) is 65.6 Å². The number of morpholine rings is 1. The zero-order chi connectivity index (χ0) is 24.8. The topological polar surface area (TPSA) is 73.4 Å². The van der Waals surface area contributed by atoms with Crippen molar-refractivity contribution in [3.8, 4) is 17.2 Å². The van der Waals surface area contributed by atoms with Crippen LogP contribution in [0.25, 0.3) is 16.3 Å². The average molecular weight is 554 g/mol. The molecule has 1 amide bonds. The number of rotatable bonds is 9. The van der Waals surface area contributed by atoms with E-state index in [2.05, 4.69) is 4.90 Å².